The number of ether oxygens (including phenoxy) is 1. The van der Waals surface area contributed by atoms with Crippen LogP contribution in [0.15, 0.2) is 46.9 Å². The van der Waals surface area contributed by atoms with E-state index >= 15 is 0 Å². The van der Waals surface area contributed by atoms with Gasteiger partial charge in [-0.3, -0.25) is 0 Å². The molecule has 104 valence electrons. The van der Waals surface area contributed by atoms with Gasteiger partial charge in [-0.2, -0.15) is 0 Å². The quantitative estimate of drug-likeness (QED) is 0.892. The zero-order chi connectivity index (χ0) is 14.1. The summed E-state index contributed by atoms with van der Waals surface area (Å²) >= 11 is 3.50. The fourth-order valence-electron chi connectivity index (χ4n) is 2.79. The van der Waals surface area contributed by atoms with Crippen LogP contribution in [0.4, 0.5) is 5.69 Å². The second kappa shape index (κ2) is 5.46. The number of hydrogen-bond donors (Lipinski definition) is 2. The molecule has 3 nitrogen and oxygen atoms in total. The van der Waals surface area contributed by atoms with Crippen LogP contribution in [0, 0.1) is 0 Å². The molecule has 2 atom stereocenters. The molecule has 2 aromatic carbocycles. The second-order valence-corrected chi connectivity index (χ2v) is 5.93. The minimum Gasteiger partial charge on any atom is -0.495 e. The van der Waals surface area contributed by atoms with E-state index in [-0.39, 0.29) is 12.1 Å². The van der Waals surface area contributed by atoms with Crippen LogP contribution in [0.2, 0.25) is 0 Å². The van der Waals surface area contributed by atoms with Gasteiger partial charge in [-0.1, -0.05) is 40.2 Å². The van der Waals surface area contributed by atoms with Gasteiger partial charge in [0.05, 0.1) is 18.8 Å². The summed E-state index contributed by atoms with van der Waals surface area (Å²) in [5.41, 5.74) is 9.71. The molecule has 0 aliphatic heterocycles. The van der Waals surface area contributed by atoms with Crippen molar-refractivity contribution in [1.82, 2.24) is 0 Å². The Kier molecular flexibility index (Phi) is 3.68. The predicted octanol–water partition coefficient (Wildman–Crippen LogP) is 4.01. The molecule has 3 rings (SSSR count). The van der Waals surface area contributed by atoms with Gasteiger partial charge in [0.1, 0.15) is 5.75 Å². The van der Waals surface area contributed by atoms with Crippen molar-refractivity contribution in [3.05, 3.63) is 58.1 Å². The Bertz CT molecular complexity index is 630. The van der Waals surface area contributed by atoms with Gasteiger partial charge in [0, 0.05) is 10.5 Å². The number of fused-ring (bicyclic) bond motifs is 1. The molecular formula is C16H17BrN2O. The summed E-state index contributed by atoms with van der Waals surface area (Å²) in [7, 11) is 1.68. The third-order valence-electron chi connectivity index (χ3n) is 3.75. The summed E-state index contributed by atoms with van der Waals surface area (Å²) in [6.45, 7) is 0. The zero-order valence-electron chi connectivity index (χ0n) is 11.3. The highest BCUT2D eigenvalue weighted by Crippen LogP contribution is 2.41. The molecule has 0 saturated heterocycles. The fourth-order valence-corrected chi connectivity index (χ4v) is 3.15. The van der Waals surface area contributed by atoms with Crippen molar-refractivity contribution in [1.29, 1.82) is 0 Å². The Morgan fingerprint density at radius 3 is 2.70 bits per heavy atom. The topological polar surface area (TPSA) is 47.3 Å². The lowest BCUT2D eigenvalue weighted by molar-refractivity contribution is 0.415. The number of hydrogen-bond acceptors (Lipinski definition) is 3. The molecule has 0 saturated carbocycles. The van der Waals surface area contributed by atoms with Crippen LogP contribution in [0.5, 0.6) is 5.75 Å². The van der Waals surface area contributed by atoms with Crippen molar-refractivity contribution in [2.45, 2.75) is 18.5 Å². The maximum absolute atomic E-state index is 6.21. The van der Waals surface area contributed by atoms with E-state index in [2.05, 4.69) is 39.4 Å². The van der Waals surface area contributed by atoms with Gasteiger partial charge in [-0.05, 0) is 35.7 Å². The summed E-state index contributed by atoms with van der Waals surface area (Å²) in [5, 5.41) is 3.55. The maximum atomic E-state index is 6.21. The van der Waals surface area contributed by atoms with Crippen LogP contribution in [-0.2, 0) is 0 Å². The van der Waals surface area contributed by atoms with Crippen molar-refractivity contribution in [3.63, 3.8) is 0 Å². The number of benzene rings is 2. The van der Waals surface area contributed by atoms with Gasteiger partial charge >= 0.3 is 0 Å². The van der Waals surface area contributed by atoms with E-state index in [4.69, 9.17) is 10.5 Å². The first kappa shape index (κ1) is 13.5. The Hall–Kier alpha value is -1.52. The third-order valence-corrected chi connectivity index (χ3v) is 4.25. The predicted molar refractivity (Wildman–Crippen MR) is 85.0 cm³/mol. The summed E-state index contributed by atoms with van der Waals surface area (Å²) in [6.07, 6.45) is 0.898. The molecule has 1 aliphatic rings. The zero-order valence-corrected chi connectivity index (χ0v) is 12.9. The van der Waals surface area contributed by atoms with E-state index in [1.807, 2.05) is 24.3 Å². The van der Waals surface area contributed by atoms with Crippen molar-refractivity contribution < 1.29 is 4.74 Å². The van der Waals surface area contributed by atoms with Crippen molar-refractivity contribution in [2.24, 2.45) is 5.73 Å². The SMILES string of the molecule is COc1ccc(Br)cc1NC1CC(N)c2ccccc21. The number of nitrogens with one attached hydrogen (secondary N) is 1. The van der Waals surface area contributed by atoms with Crippen molar-refractivity contribution >= 4 is 21.6 Å². The molecule has 0 radical (unpaired) electrons. The number of nitrogens with two attached hydrogens (primary N) is 1. The molecule has 3 N–H and O–H groups in total. The van der Waals surface area contributed by atoms with E-state index < -0.39 is 0 Å². The van der Waals surface area contributed by atoms with E-state index in [9.17, 15) is 0 Å². The molecule has 20 heavy (non-hydrogen) atoms. The first-order valence-corrected chi connectivity index (χ1v) is 7.43. The summed E-state index contributed by atoms with van der Waals surface area (Å²) < 4.78 is 6.44. The summed E-state index contributed by atoms with van der Waals surface area (Å²) in [6, 6.07) is 14.6. The van der Waals surface area contributed by atoms with Gasteiger partial charge in [0.2, 0.25) is 0 Å². The van der Waals surface area contributed by atoms with E-state index in [1.165, 1.54) is 11.1 Å². The number of methoxy groups -OCH3 is 1. The minimum atomic E-state index is 0.0989. The van der Waals surface area contributed by atoms with Crippen LogP contribution in [0.3, 0.4) is 0 Å². The monoisotopic (exact) mass is 332 g/mol. The highest BCUT2D eigenvalue weighted by Gasteiger charge is 2.28. The number of anilines is 1. The van der Waals surface area contributed by atoms with Crippen LogP contribution < -0.4 is 15.8 Å². The number of halogens is 1. The molecular weight excluding hydrogens is 316 g/mol. The van der Waals surface area contributed by atoms with Crippen molar-refractivity contribution in [2.75, 3.05) is 12.4 Å². The van der Waals surface area contributed by atoms with Crippen LogP contribution in [-0.4, -0.2) is 7.11 Å². The first-order valence-electron chi connectivity index (χ1n) is 6.63. The lowest BCUT2D eigenvalue weighted by Gasteiger charge is -2.18. The molecule has 2 aromatic rings. The molecule has 1 aliphatic carbocycles. The fraction of sp³-hybridized carbons (Fsp3) is 0.250. The Morgan fingerprint density at radius 1 is 1.20 bits per heavy atom. The van der Waals surface area contributed by atoms with E-state index in [0.717, 1.165) is 22.3 Å². The largest absolute Gasteiger partial charge is 0.495 e. The lowest BCUT2D eigenvalue weighted by Crippen LogP contribution is -2.10. The summed E-state index contributed by atoms with van der Waals surface area (Å²) in [5.74, 6) is 0.839. The molecule has 4 heteroatoms. The second-order valence-electron chi connectivity index (χ2n) is 5.01. The Balaban J connectivity index is 1.92. The molecule has 2 unspecified atom stereocenters. The highest BCUT2D eigenvalue weighted by molar-refractivity contribution is 9.10. The maximum Gasteiger partial charge on any atom is 0.142 e. The molecule has 0 bridgehead atoms. The van der Waals surface area contributed by atoms with Crippen LogP contribution in [0.1, 0.15) is 29.6 Å². The average Bonchev–Trinajstić information content (AvgIpc) is 2.76. The van der Waals surface area contributed by atoms with Gasteiger partial charge in [-0.15, -0.1) is 0 Å². The summed E-state index contributed by atoms with van der Waals surface area (Å²) in [4.78, 5) is 0. The van der Waals surface area contributed by atoms with Gasteiger partial charge in [0.25, 0.3) is 0 Å². The lowest BCUT2D eigenvalue weighted by atomic mass is 10.1. The third kappa shape index (κ3) is 2.41. The molecule has 0 spiro atoms. The van der Waals surface area contributed by atoms with Gasteiger partial charge in [-0.25, -0.2) is 0 Å². The van der Waals surface area contributed by atoms with E-state index in [1.54, 1.807) is 7.11 Å². The standard InChI is InChI=1S/C16H17BrN2O/c1-20-16-7-6-10(17)8-15(16)19-14-9-13(18)11-4-2-3-5-12(11)14/h2-8,13-14,19H,9,18H2,1H3. The molecule has 0 amide bonds. The van der Waals surface area contributed by atoms with Gasteiger partial charge in [0.15, 0.2) is 0 Å². The molecule has 0 fully saturated rings. The van der Waals surface area contributed by atoms with E-state index in [0.29, 0.717) is 0 Å². The van der Waals surface area contributed by atoms with Crippen molar-refractivity contribution in [3.8, 4) is 5.75 Å². The number of rotatable bonds is 3. The van der Waals surface area contributed by atoms with Crippen LogP contribution in [0.25, 0.3) is 0 Å². The van der Waals surface area contributed by atoms with Crippen LogP contribution >= 0.6 is 15.9 Å². The average molecular weight is 333 g/mol. The molecule has 0 heterocycles. The van der Waals surface area contributed by atoms with Gasteiger partial charge < -0.3 is 15.8 Å². The minimum absolute atomic E-state index is 0.0989. The Morgan fingerprint density at radius 2 is 1.95 bits per heavy atom. The smallest absolute Gasteiger partial charge is 0.142 e. The highest BCUT2D eigenvalue weighted by atomic mass is 79.9. The molecule has 0 aromatic heterocycles. The first-order chi connectivity index (χ1) is 9.69. The Labute approximate surface area is 127 Å². The normalized spacial score (nSPS) is 20.6.